The first-order valence-corrected chi connectivity index (χ1v) is 10.4. The Labute approximate surface area is 147 Å². The topological polar surface area (TPSA) is 25.8 Å². The standard InChI is InChI=1S/C18H16N2S3/c1-3-7-15-13(5-1)19-17(22-15)9-11-21-12-10-18-20-14-6-2-4-8-16(14)23-18/h1-8H,9-12H2. The molecule has 0 bridgehead atoms. The number of hydrogen-bond donors (Lipinski definition) is 0. The van der Waals surface area contributed by atoms with Gasteiger partial charge in [0, 0.05) is 12.8 Å². The van der Waals surface area contributed by atoms with Crippen LogP contribution in [0.4, 0.5) is 0 Å². The third kappa shape index (κ3) is 3.57. The van der Waals surface area contributed by atoms with E-state index >= 15 is 0 Å². The van der Waals surface area contributed by atoms with E-state index in [1.54, 1.807) is 0 Å². The molecule has 2 heterocycles. The second-order valence-electron chi connectivity index (χ2n) is 5.26. The molecule has 0 unspecified atom stereocenters. The highest BCUT2D eigenvalue weighted by Crippen LogP contribution is 2.24. The zero-order valence-electron chi connectivity index (χ0n) is 12.6. The van der Waals surface area contributed by atoms with Crippen molar-refractivity contribution in [3.8, 4) is 0 Å². The van der Waals surface area contributed by atoms with Crippen LogP contribution in [0.25, 0.3) is 20.4 Å². The lowest BCUT2D eigenvalue weighted by molar-refractivity contribution is 1.10. The minimum absolute atomic E-state index is 1.06. The van der Waals surface area contributed by atoms with E-state index in [1.165, 1.54) is 19.4 Å². The normalized spacial score (nSPS) is 11.5. The lowest BCUT2D eigenvalue weighted by Crippen LogP contribution is -1.92. The van der Waals surface area contributed by atoms with E-state index in [9.17, 15) is 0 Å². The molecule has 0 saturated carbocycles. The zero-order chi connectivity index (χ0) is 15.5. The monoisotopic (exact) mass is 356 g/mol. The Balaban J connectivity index is 1.27. The van der Waals surface area contributed by atoms with E-state index in [2.05, 4.69) is 48.5 Å². The van der Waals surface area contributed by atoms with Gasteiger partial charge >= 0.3 is 0 Å². The highest BCUT2D eigenvalue weighted by molar-refractivity contribution is 7.99. The van der Waals surface area contributed by atoms with Crippen LogP contribution in [0.1, 0.15) is 10.0 Å². The minimum atomic E-state index is 1.06. The van der Waals surface area contributed by atoms with E-state index in [0.717, 1.165) is 35.4 Å². The van der Waals surface area contributed by atoms with Crippen LogP contribution in [-0.2, 0) is 12.8 Å². The van der Waals surface area contributed by atoms with Gasteiger partial charge in [0.05, 0.1) is 30.4 Å². The number of aryl methyl sites for hydroxylation is 2. The molecule has 4 aromatic rings. The molecule has 0 aliphatic carbocycles. The lowest BCUT2D eigenvalue weighted by Gasteiger charge is -1.97. The highest BCUT2D eigenvalue weighted by Gasteiger charge is 2.05. The summed E-state index contributed by atoms with van der Waals surface area (Å²) in [6.45, 7) is 0. The van der Waals surface area contributed by atoms with Crippen molar-refractivity contribution in [1.29, 1.82) is 0 Å². The largest absolute Gasteiger partial charge is 0.241 e. The van der Waals surface area contributed by atoms with Crippen molar-refractivity contribution in [3.63, 3.8) is 0 Å². The van der Waals surface area contributed by atoms with Crippen molar-refractivity contribution in [2.24, 2.45) is 0 Å². The molecule has 0 atom stereocenters. The van der Waals surface area contributed by atoms with Gasteiger partial charge in [-0.25, -0.2) is 9.97 Å². The number of para-hydroxylation sites is 2. The van der Waals surface area contributed by atoms with Crippen molar-refractivity contribution >= 4 is 54.9 Å². The van der Waals surface area contributed by atoms with Crippen LogP contribution < -0.4 is 0 Å². The molecule has 2 aromatic heterocycles. The van der Waals surface area contributed by atoms with Gasteiger partial charge in [0.1, 0.15) is 0 Å². The second-order valence-corrected chi connectivity index (χ2v) is 8.72. The van der Waals surface area contributed by atoms with Crippen molar-refractivity contribution in [3.05, 3.63) is 58.5 Å². The molecule has 2 aromatic carbocycles. The van der Waals surface area contributed by atoms with Crippen LogP contribution in [0.15, 0.2) is 48.5 Å². The quantitative estimate of drug-likeness (QED) is 0.431. The third-order valence-corrected chi connectivity index (χ3v) is 6.77. The molecule has 0 fully saturated rings. The van der Waals surface area contributed by atoms with Gasteiger partial charge in [0.25, 0.3) is 0 Å². The molecule has 0 radical (unpaired) electrons. The summed E-state index contributed by atoms with van der Waals surface area (Å²) in [4.78, 5) is 9.38. The van der Waals surface area contributed by atoms with Gasteiger partial charge in [-0.3, -0.25) is 0 Å². The van der Waals surface area contributed by atoms with Crippen molar-refractivity contribution in [2.45, 2.75) is 12.8 Å². The van der Waals surface area contributed by atoms with Crippen LogP contribution in [0.3, 0.4) is 0 Å². The van der Waals surface area contributed by atoms with E-state index in [0.29, 0.717) is 0 Å². The summed E-state index contributed by atoms with van der Waals surface area (Å²) in [5.74, 6) is 2.26. The van der Waals surface area contributed by atoms with Crippen LogP contribution in [0.2, 0.25) is 0 Å². The maximum Gasteiger partial charge on any atom is 0.0946 e. The Hall–Kier alpha value is -1.43. The van der Waals surface area contributed by atoms with Crippen molar-refractivity contribution in [2.75, 3.05) is 11.5 Å². The number of aromatic nitrogens is 2. The van der Waals surface area contributed by atoms with E-state index < -0.39 is 0 Å². The molecule has 0 N–H and O–H groups in total. The molecule has 116 valence electrons. The second kappa shape index (κ2) is 6.99. The fraction of sp³-hybridized carbons (Fsp3) is 0.222. The van der Waals surface area contributed by atoms with Gasteiger partial charge < -0.3 is 0 Å². The van der Waals surface area contributed by atoms with Gasteiger partial charge in [-0.2, -0.15) is 11.8 Å². The van der Waals surface area contributed by atoms with Crippen LogP contribution in [0.5, 0.6) is 0 Å². The first-order valence-electron chi connectivity index (χ1n) is 7.65. The first-order chi connectivity index (χ1) is 11.4. The maximum atomic E-state index is 4.69. The number of nitrogens with zero attached hydrogens (tertiary/aromatic N) is 2. The summed E-state index contributed by atoms with van der Waals surface area (Å²) in [6.07, 6.45) is 2.12. The first kappa shape index (κ1) is 15.1. The molecule has 0 aliphatic rings. The molecular weight excluding hydrogens is 340 g/mol. The Bertz CT molecular complexity index is 784. The number of fused-ring (bicyclic) bond motifs is 2. The predicted octanol–water partition coefficient (Wildman–Crippen LogP) is 5.42. The van der Waals surface area contributed by atoms with E-state index in [4.69, 9.17) is 9.97 Å². The smallest absolute Gasteiger partial charge is 0.0946 e. The summed E-state index contributed by atoms with van der Waals surface area (Å²) in [5.41, 5.74) is 2.26. The van der Waals surface area contributed by atoms with Crippen LogP contribution >= 0.6 is 34.4 Å². The molecule has 23 heavy (non-hydrogen) atoms. The van der Waals surface area contributed by atoms with Crippen LogP contribution in [0, 0.1) is 0 Å². The fourth-order valence-corrected chi connectivity index (χ4v) is 5.55. The SMILES string of the molecule is c1ccc2sc(CCSCCc3nc4ccccc4s3)nc2c1. The molecule has 0 amide bonds. The Kier molecular flexibility index (Phi) is 4.60. The number of thioether (sulfide) groups is 1. The molecule has 0 aliphatic heterocycles. The Morgan fingerprint density at radius 1 is 0.696 bits per heavy atom. The summed E-state index contributed by atoms with van der Waals surface area (Å²) in [7, 11) is 0. The third-order valence-electron chi connectivity index (χ3n) is 3.60. The summed E-state index contributed by atoms with van der Waals surface area (Å²) < 4.78 is 2.59. The summed E-state index contributed by atoms with van der Waals surface area (Å²) in [5, 5.41) is 2.50. The zero-order valence-corrected chi connectivity index (χ0v) is 15.0. The Morgan fingerprint density at radius 2 is 1.17 bits per heavy atom. The molecule has 2 nitrogen and oxygen atoms in total. The van der Waals surface area contributed by atoms with Gasteiger partial charge in [-0.05, 0) is 35.8 Å². The Morgan fingerprint density at radius 3 is 1.65 bits per heavy atom. The molecule has 0 saturated heterocycles. The number of benzene rings is 2. The highest BCUT2D eigenvalue weighted by atomic mass is 32.2. The average Bonchev–Trinajstić information content (AvgIpc) is 3.17. The van der Waals surface area contributed by atoms with Gasteiger partial charge in [0.15, 0.2) is 0 Å². The van der Waals surface area contributed by atoms with E-state index in [1.807, 2.05) is 34.4 Å². The van der Waals surface area contributed by atoms with Gasteiger partial charge in [-0.1, -0.05) is 24.3 Å². The molecule has 5 heteroatoms. The number of rotatable bonds is 6. The predicted molar refractivity (Wildman–Crippen MR) is 104 cm³/mol. The van der Waals surface area contributed by atoms with Gasteiger partial charge in [0.2, 0.25) is 0 Å². The van der Waals surface area contributed by atoms with E-state index in [-0.39, 0.29) is 0 Å². The number of hydrogen-bond acceptors (Lipinski definition) is 5. The van der Waals surface area contributed by atoms with Crippen LogP contribution in [-0.4, -0.2) is 21.5 Å². The summed E-state index contributed by atoms with van der Waals surface area (Å²) in [6, 6.07) is 16.8. The maximum absolute atomic E-state index is 4.69. The average molecular weight is 357 g/mol. The van der Waals surface area contributed by atoms with Crippen molar-refractivity contribution < 1.29 is 0 Å². The molecule has 0 spiro atoms. The molecular formula is C18H16N2S3. The van der Waals surface area contributed by atoms with Gasteiger partial charge in [-0.15, -0.1) is 22.7 Å². The molecule has 4 rings (SSSR count). The van der Waals surface area contributed by atoms with Crippen molar-refractivity contribution in [1.82, 2.24) is 9.97 Å². The number of thiazole rings is 2. The minimum Gasteiger partial charge on any atom is -0.241 e. The fourth-order valence-electron chi connectivity index (χ4n) is 2.47. The lowest BCUT2D eigenvalue weighted by atomic mass is 10.3. The summed E-state index contributed by atoms with van der Waals surface area (Å²) >= 11 is 5.64.